The van der Waals surface area contributed by atoms with Gasteiger partial charge in [0.1, 0.15) is 5.03 Å². The van der Waals surface area contributed by atoms with Crippen LogP contribution in [0, 0.1) is 0 Å². The first-order valence-electron chi connectivity index (χ1n) is 6.27. The summed E-state index contributed by atoms with van der Waals surface area (Å²) in [6.07, 6.45) is 3.10. The average Bonchev–Trinajstić information content (AvgIpc) is 2.48. The van der Waals surface area contributed by atoms with Gasteiger partial charge >= 0.3 is 0 Å². The molecule has 1 aromatic carbocycles. The van der Waals surface area contributed by atoms with Crippen molar-refractivity contribution in [2.45, 2.75) is 11.9 Å². The molecule has 0 saturated carbocycles. The first-order valence-corrected chi connectivity index (χ1v) is 7.25. The molecule has 0 fully saturated rings. The van der Waals surface area contributed by atoms with E-state index in [0.717, 1.165) is 5.69 Å². The van der Waals surface area contributed by atoms with Crippen LogP contribution in [0.3, 0.4) is 0 Å². The molecule has 0 atom stereocenters. The third-order valence-electron chi connectivity index (χ3n) is 2.71. The molecule has 0 saturated heterocycles. The molecule has 20 heavy (non-hydrogen) atoms. The van der Waals surface area contributed by atoms with Crippen LogP contribution in [-0.2, 0) is 4.79 Å². The van der Waals surface area contributed by atoms with E-state index in [2.05, 4.69) is 9.97 Å². The van der Waals surface area contributed by atoms with E-state index in [9.17, 15) is 4.79 Å². The summed E-state index contributed by atoms with van der Waals surface area (Å²) in [4.78, 5) is 22.1. The molecule has 1 heterocycles. The maximum Gasteiger partial charge on any atom is 0.237 e. The lowest BCUT2D eigenvalue weighted by Gasteiger charge is -2.20. The molecule has 0 spiro atoms. The van der Waals surface area contributed by atoms with Gasteiger partial charge in [-0.05, 0) is 19.1 Å². The minimum absolute atomic E-state index is 0.0220. The highest BCUT2D eigenvalue weighted by molar-refractivity contribution is 8.00. The first-order chi connectivity index (χ1) is 9.72. The number of nitrogens with two attached hydrogens (primary N) is 1. The Morgan fingerprint density at radius 3 is 2.60 bits per heavy atom. The molecule has 0 aliphatic heterocycles. The van der Waals surface area contributed by atoms with Gasteiger partial charge in [-0.1, -0.05) is 30.0 Å². The van der Waals surface area contributed by atoms with Gasteiger partial charge in [0.05, 0.1) is 5.75 Å². The third kappa shape index (κ3) is 3.48. The van der Waals surface area contributed by atoms with E-state index < -0.39 is 0 Å². The molecule has 0 bridgehead atoms. The van der Waals surface area contributed by atoms with Crippen LogP contribution in [0.2, 0.25) is 0 Å². The van der Waals surface area contributed by atoms with Crippen molar-refractivity contribution in [1.82, 2.24) is 9.97 Å². The van der Waals surface area contributed by atoms with Gasteiger partial charge in [0, 0.05) is 24.6 Å². The molecule has 0 aliphatic carbocycles. The van der Waals surface area contributed by atoms with Gasteiger partial charge < -0.3 is 10.6 Å². The quantitative estimate of drug-likeness (QED) is 0.854. The second kappa shape index (κ2) is 6.91. The van der Waals surface area contributed by atoms with E-state index in [0.29, 0.717) is 17.4 Å². The molecule has 1 aromatic heterocycles. The van der Waals surface area contributed by atoms with Gasteiger partial charge in [0.15, 0.2) is 5.82 Å². The van der Waals surface area contributed by atoms with Crippen LogP contribution in [0.1, 0.15) is 6.92 Å². The van der Waals surface area contributed by atoms with E-state index in [1.165, 1.54) is 18.0 Å². The zero-order chi connectivity index (χ0) is 14.4. The molecule has 0 aliphatic rings. The van der Waals surface area contributed by atoms with Crippen molar-refractivity contribution in [3.05, 3.63) is 42.7 Å². The number of carbonyl (C=O) groups excluding carboxylic acids is 1. The van der Waals surface area contributed by atoms with Gasteiger partial charge in [0.2, 0.25) is 5.91 Å². The highest BCUT2D eigenvalue weighted by atomic mass is 32.2. The summed E-state index contributed by atoms with van der Waals surface area (Å²) in [7, 11) is 0. The molecule has 0 radical (unpaired) electrons. The lowest BCUT2D eigenvalue weighted by Crippen LogP contribution is -2.32. The maximum absolute atomic E-state index is 12.3. The predicted molar refractivity (Wildman–Crippen MR) is 81.6 cm³/mol. The number of thioether (sulfide) groups is 1. The molecule has 6 heteroatoms. The van der Waals surface area contributed by atoms with Crippen LogP contribution in [-0.4, -0.2) is 28.2 Å². The predicted octanol–water partition coefficient (Wildman–Crippen LogP) is 2.20. The lowest BCUT2D eigenvalue weighted by molar-refractivity contribution is -0.116. The van der Waals surface area contributed by atoms with Gasteiger partial charge in [-0.25, -0.2) is 9.97 Å². The van der Waals surface area contributed by atoms with Crippen LogP contribution < -0.4 is 10.6 Å². The lowest BCUT2D eigenvalue weighted by atomic mass is 10.3. The molecule has 0 unspecified atom stereocenters. The zero-order valence-electron chi connectivity index (χ0n) is 11.2. The summed E-state index contributed by atoms with van der Waals surface area (Å²) >= 11 is 1.30. The normalized spacial score (nSPS) is 10.2. The Bertz CT molecular complexity index is 576. The van der Waals surface area contributed by atoms with Crippen molar-refractivity contribution in [3.8, 4) is 0 Å². The van der Waals surface area contributed by atoms with Crippen LogP contribution in [0.25, 0.3) is 0 Å². The molecular formula is C14H16N4OS. The maximum atomic E-state index is 12.3. The summed E-state index contributed by atoms with van der Waals surface area (Å²) in [6, 6.07) is 9.60. The number of nitrogens with zero attached hydrogens (tertiary/aromatic N) is 3. The van der Waals surface area contributed by atoms with Crippen LogP contribution in [0.4, 0.5) is 11.5 Å². The van der Waals surface area contributed by atoms with E-state index in [1.54, 1.807) is 11.1 Å². The van der Waals surface area contributed by atoms with E-state index in [4.69, 9.17) is 5.73 Å². The van der Waals surface area contributed by atoms with E-state index in [1.807, 2.05) is 37.3 Å². The minimum Gasteiger partial charge on any atom is -0.381 e. The van der Waals surface area contributed by atoms with Gasteiger partial charge in [-0.15, -0.1) is 0 Å². The SMILES string of the molecule is CCN(C(=O)CSc1nccnc1N)c1ccccc1. The van der Waals surface area contributed by atoms with E-state index >= 15 is 0 Å². The standard InChI is InChI=1S/C14H16N4OS/c1-2-18(11-6-4-3-5-7-11)12(19)10-20-14-13(15)16-8-9-17-14/h3-9H,2,10H2,1H3,(H2,15,16). The number of anilines is 2. The highest BCUT2D eigenvalue weighted by Crippen LogP contribution is 2.21. The Hall–Kier alpha value is -2.08. The number of rotatable bonds is 5. The molecule has 2 rings (SSSR count). The van der Waals surface area contributed by atoms with Gasteiger partial charge in [0.25, 0.3) is 0 Å². The second-order valence-corrected chi connectivity index (χ2v) is 4.97. The first kappa shape index (κ1) is 14.3. The summed E-state index contributed by atoms with van der Waals surface area (Å²) < 4.78 is 0. The number of hydrogen-bond acceptors (Lipinski definition) is 5. The Morgan fingerprint density at radius 2 is 1.95 bits per heavy atom. The third-order valence-corrected chi connectivity index (χ3v) is 3.69. The van der Waals surface area contributed by atoms with Crippen molar-refractivity contribution in [3.63, 3.8) is 0 Å². The van der Waals surface area contributed by atoms with Crippen molar-refractivity contribution >= 4 is 29.2 Å². The Balaban J connectivity index is 2.02. The molecule has 1 amide bonds. The van der Waals surface area contributed by atoms with Crippen molar-refractivity contribution in [2.75, 3.05) is 22.9 Å². The fourth-order valence-corrected chi connectivity index (χ4v) is 2.52. The minimum atomic E-state index is 0.0220. The van der Waals surface area contributed by atoms with Crippen LogP contribution in [0.15, 0.2) is 47.8 Å². The summed E-state index contributed by atoms with van der Waals surface area (Å²) in [5.74, 6) is 0.660. The molecular weight excluding hydrogens is 272 g/mol. The topological polar surface area (TPSA) is 72.1 Å². The number of carbonyl (C=O) groups is 1. The van der Waals surface area contributed by atoms with Crippen LogP contribution >= 0.6 is 11.8 Å². The monoisotopic (exact) mass is 288 g/mol. The number of benzene rings is 1. The average molecular weight is 288 g/mol. The summed E-state index contributed by atoms with van der Waals surface area (Å²) in [6.45, 7) is 2.58. The fourth-order valence-electron chi connectivity index (χ4n) is 1.77. The Kier molecular flexibility index (Phi) is 4.95. The highest BCUT2D eigenvalue weighted by Gasteiger charge is 2.15. The van der Waals surface area contributed by atoms with Gasteiger partial charge in [-0.3, -0.25) is 4.79 Å². The molecule has 2 N–H and O–H groups in total. The molecule has 5 nitrogen and oxygen atoms in total. The van der Waals surface area contributed by atoms with Gasteiger partial charge in [-0.2, -0.15) is 0 Å². The number of amides is 1. The molecule has 104 valence electrons. The summed E-state index contributed by atoms with van der Waals surface area (Å²) in [5, 5.41) is 0.588. The van der Waals surface area contributed by atoms with Crippen molar-refractivity contribution in [2.24, 2.45) is 0 Å². The van der Waals surface area contributed by atoms with Crippen molar-refractivity contribution < 1.29 is 4.79 Å². The number of hydrogen-bond donors (Lipinski definition) is 1. The summed E-state index contributed by atoms with van der Waals surface area (Å²) in [5.41, 5.74) is 6.60. The number of nitrogen functional groups attached to an aromatic ring is 1. The Morgan fingerprint density at radius 1 is 1.25 bits per heavy atom. The number of para-hydroxylation sites is 1. The zero-order valence-corrected chi connectivity index (χ0v) is 12.0. The van der Waals surface area contributed by atoms with Crippen LogP contribution in [0.5, 0.6) is 0 Å². The van der Waals surface area contributed by atoms with Crippen molar-refractivity contribution in [1.29, 1.82) is 0 Å². The largest absolute Gasteiger partial charge is 0.381 e. The smallest absolute Gasteiger partial charge is 0.237 e. The molecule has 2 aromatic rings. The fraction of sp³-hybridized carbons (Fsp3) is 0.214. The second-order valence-electron chi connectivity index (χ2n) is 4.01. The Labute approximate surface area is 122 Å². The van der Waals surface area contributed by atoms with E-state index in [-0.39, 0.29) is 11.7 Å². The number of aromatic nitrogens is 2.